The van der Waals surface area contributed by atoms with Gasteiger partial charge in [0.25, 0.3) is 0 Å². The molecular weight excluding hydrogens is 330 g/mol. The summed E-state index contributed by atoms with van der Waals surface area (Å²) in [5.74, 6) is 1.03. The molecule has 1 aromatic heterocycles. The Morgan fingerprint density at radius 1 is 1.29 bits per heavy atom. The van der Waals surface area contributed by atoms with E-state index in [0.717, 1.165) is 16.5 Å². The molecule has 1 aromatic carbocycles. The number of hydrogen-bond donors (Lipinski definition) is 0. The molecule has 2 aliphatic rings. The third-order valence-electron chi connectivity index (χ3n) is 5.15. The Labute approximate surface area is 139 Å². The van der Waals surface area contributed by atoms with Crippen LogP contribution in [0.15, 0.2) is 27.4 Å². The summed E-state index contributed by atoms with van der Waals surface area (Å²) in [7, 11) is -3.01. The van der Waals surface area contributed by atoms with Gasteiger partial charge >= 0.3 is 5.63 Å². The topological polar surface area (TPSA) is 76.8 Å². The quantitative estimate of drug-likeness (QED) is 0.731. The average molecular weight is 349 g/mol. The Kier molecular flexibility index (Phi) is 3.30. The number of sulfone groups is 1. The zero-order valence-electron chi connectivity index (χ0n) is 13.7. The van der Waals surface area contributed by atoms with Gasteiger partial charge in [0, 0.05) is 23.5 Å². The summed E-state index contributed by atoms with van der Waals surface area (Å²) >= 11 is 0. The molecular formula is C17H19NO5S. The van der Waals surface area contributed by atoms with Crippen LogP contribution in [-0.4, -0.2) is 37.1 Å². The van der Waals surface area contributed by atoms with Crippen LogP contribution >= 0.6 is 0 Å². The Morgan fingerprint density at radius 3 is 2.79 bits per heavy atom. The maximum absolute atomic E-state index is 11.9. The molecule has 1 fully saturated rings. The predicted octanol–water partition coefficient (Wildman–Crippen LogP) is 1.83. The van der Waals surface area contributed by atoms with Gasteiger partial charge in [0.15, 0.2) is 9.84 Å². The molecule has 4 rings (SSSR count). The molecule has 1 unspecified atom stereocenters. The van der Waals surface area contributed by atoms with E-state index >= 15 is 0 Å². The van der Waals surface area contributed by atoms with E-state index in [-0.39, 0.29) is 17.1 Å². The Balaban J connectivity index is 1.80. The van der Waals surface area contributed by atoms with Crippen LogP contribution < -0.4 is 10.4 Å². The van der Waals surface area contributed by atoms with Gasteiger partial charge in [-0.05, 0) is 38.0 Å². The lowest BCUT2D eigenvalue weighted by Crippen LogP contribution is -2.50. The van der Waals surface area contributed by atoms with Crippen molar-refractivity contribution < 1.29 is 17.6 Å². The molecule has 1 atom stereocenters. The first-order valence-electron chi connectivity index (χ1n) is 7.92. The zero-order chi connectivity index (χ0) is 17.1. The summed E-state index contributed by atoms with van der Waals surface area (Å²) in [4.78, 5) is 13.8. The van der Waals surface area contributed by atoms with E-state index in [9.17, 15) is 13.2 Å². The monoisotopic (exact) mass is 349 g/mol. The molecule has 128 valence electrons. The number of ether oxygens (including phenoxy) is 1. The lowest BCUT2D eigenvalue weighted by molar-refractivity contribution is 0.0163. The molecule has 6 nitrogen and oxygen atoms in total. The standard InChI is InChI=1S/C17H19NO5S/c1-11-7-15(19)23-16-12(11)3-4-14-13(16)8-18(10-22-14)17(2)5-6-24(20,21)9-17/h3-4,7H,5-6,8-10H2,1-2H3. The Hall–Kier alpha value is -1.86. The first-order chi connectivity index (χ1) is 11.3. The third kappa shape index (κ3) is 2.43. The van der Waals surface area contributed by atoms with Crippen molar-refractivity contribution in [3.8, 4) is 5.75 Å². The summed E-state index contributed by atoms with van der Waals surface area (Å²) in [5.41, 5.74) is 1.36. The van der Waals surface area contributed by atoms with Crippen LogP contribution in [0.2, 0.25) is 0 Å². The number of nitrogens with zero attached hydrogens (tertiary/aromatic N) is 1. The number of benzene rings is 1. The van der Waals surface area contributed by atoms with Crippen LogP contribution in [0.5, 0.6) is 5.75 Å². The van der Waals surface area contributed by atoms with Crippen LogP contribution in [0.3, 0.4) is 0 Å². The van der Waals surface area contributed by atoms with Crippen molar-refractivity contribution >= 4 is 20.8 Å². The van der Waals surface area contributed by atoms with Crippen LogP contribution in [0.4, 0.5) is 0 Å². The molecule has 0 N–H and O–H groups in total. The second kappa shape index (κ2) is 5.07. The summed E-state index contributed by atoms with van der Waals surface area (Å²) < 4.78 is 35.1. The minimum Gasteiger partial charge on any atom is -0.478 e. The lowest BCUT2D eigenvalue weighted by atomic mass is 9.97. The van der Waals surface area contributed by atoms with Crippen molar-refractivity contribution in [1.29, 1.82) is 0 Å². The zero-order valence-corrected chi connectivity index (χ0v) is 14.5. The fourth-order valence-electron chi connectivity index (χ4n) is 3.68. The number of hydrogen-bond acceptors (Lipinski definition) is 6. The number of rotatable bonds is 1. The summed E-state index contributed by atoms with van der Waals surface area (Å²) in [6, 6.07) is 5.25. The van der Waals surface area contributed by atoms with Gasteiger partial charge in [-0.2, -0.15) is 0 Å². The summed E-state index contributed by atoms with van der Waals surface area (Å²) in [6.07, 6.45) is 0.585. The highest BCUT2D eigenvalue weighted by atomic mass is 32.2. The lowest BCUT2D eigenvalue weighted by Gasteiger charge is -2.40. The van der Waals surface area contributed by atoms with Crippen molar-refractivity contribution in [3.63, 3.8) is 0 Å². The van der Waals surface area contributed by atoms with Gasteiger partial charge in [-0.1, -0.05) is 0 Å². The van der Waals surface area contributed by atoms with E-state index in [1.54, 1.807) is 0 Å². The van der Waals surface area contributed by atoms with Gasteiger partial charge in [-0.25, -0.2) is 13.2 Å². The molecule has 2 aromatic rings. The van der Waals surface area contributed by atoms with Gasteiger partial charge in [0.1, 0.15) is 18.1 Å². The molecule has 0 spiro atoms. The van der Waals surface area contributed by atoms with Gasteiger partial charge in [0.2, 0.25) is 0 Å². The van der Waals surface area contributed by atoms with Crippen LogP contribution in [0, 0.1) is 6.92 Å². The van der Waals surface area contributed by atoms with Gasteiger partial charge in [-0.3, -0.25) is 4.90 Å². The molecule has 1 saturated heterocycles. The molecule has 0 aliphatic carbocycles. The minimum absolute atomic E-state index is 0.131. The smallest absolute Gasteiger partial charge is 0.336 e. The van der Waals surface area contributed by atoms with E-state index in [1.807, 2.05) is 30.9 Å². The second-order valence-corrected chi connectivity index (χ2v) is 9.16. The largest absolute Gasteiger partial charge is 0.478 e. The van der Waals surface area contributed by atoms with Crippen molar-refractivity contribution in [2.45, 2.75) is 32.4 Å². The predicted molar refractivity (Wildman–Crippen MR) is 89.9 cm³/mol. The fraction of sp³-hybridized carbons (Fsp3) is 0.471. The second-order valence-electron chi connectivity index (χ2n) is 6.98. The SMILES string of the molecule is Cc1cc(=O)oc2c3c(ccc12)OCN(C1(C)CCS(=O)(=O)C1)C3. The normalized spacial score (nSPS) is 26.2. The van der Waals surface area contributed by atoms with Crippen molar-refractivity contribution in [2.75, 3.05) is 18.2 Å². The third-order valence-corrected chi connectivity index (χ3v) is 7.04. The average Bonchev–Trinajstić information content (AvgIpc) is 2.81. The highest BCUT2D eigenvalue weighted by Gasteiger charge is 2.44. The van der Waals surface area contributed by atoms with Gasteiger partial charge < -0.3 is 9.15 Å². The van der Waals surface area contributed by atoms with E-state index < -0.39 is 15.4 Å². The molecule has 2 aliphatic heterocycles. The van der Waals surface area contributed by atoms with Crippen molar-refractivity contribution in [2.24, 2.45) is 0 Å². The summed E-state index contributed by atoms with van der Waals surface area (Å²) in [6.45, 7) is 4.67. The molecule has 3 heterocycles. The fourth-order valence-corrected chi connectivity index (χ4v) is 5.85. The van der Waals surface area contributed by atoms with Crippen LogP contribution in [0.25, 0.3) is 11.0 Å². The number of fused-ring (bicyclic) bond motifs is 3. The molecule has 0 amide bonds. The minimum atomic E-state index is -3.01. The first-order valence-corrected chi connectivity index (χ1v) is 9.74. The number of aryl methyl sites for hydroxylation is 1. The summed E-state index contributed by atoms with van der Waals surface area (Å²) in [5, 5.41) is 0.878. The van der Waals surface area contributed by atoms with Gasteiger partial charge in [-0.15, -0.1) is 0 Å². The van der Waals surface area contributed by atoms with E-state index in [2.05, 4.69) is 0 Å². The van der Waals surface area contributed by atoms with Crippen molar-refractivity contribution in [3.05, 3.63) is 39.7 Å². The first kappa shape index (κ1) is 15.7. The maximum Gasteiger partial charge on any atom is 0.336 e. The molecule has 24 heavy (non-hydrogen) atoms. The van der Waals surface area contributed by atoms with E-state index in [1.165, 1.54) is 6.07 Å². The molecule has 0 radical (unpaired) electrons. The van der Waals surface area contributed by atoms with Gasteiger partial charge in [0.05, 0.1) is 17.1 Å². The molecule has 0 bridgehead atoms. The van der Waals surface area contributed by atoms with Crippen molar-refractivity contribution in [1.82, 2.24) is 4.90 Å². The highest BCUT2D eigenvalue weighted by molar-refractivity contribution is 7.91. The molecule has 7 heteroatoms. The Morgan fingerprint density at radius 2 is 2.08 bits per heavy atom. The molecule has 0 saturated carbocycles. The van der Waals surface area contributed by atoms with Crippen LogP contribution in [0.1, 0.15) is 24.5 Å². The van der Waals surface area contributed by atoms with E-state index in [4.69, 9.17) is 9.15 Å². The maximum atomic E-state index is 11.9. The van der Waals surface area contributed by atoms with Crippen LogP contribution in [-0.2, 0) is 16.4 Å². The van der Waals surface area contributed by atoms with E-state index in [0.29, 0.717) is 31.0 Å². The highest BCUT2D eigenvalue weighted by Crippen LogP contribution is 2.38. The Bertz CT molecular complexity index is 994.